The normalized spacial score (nSPS) is 19.0. The lowest BCUT2D eigenvalue weighted by atomic mass is 10.1. The third-order valence-electron chi connectivity index (χ3n) is 8.76. The SMILES string of the molecule is COc1ccc(CCn2c(CCN3C(=O)c4ccccc4C3=O)nc3cc(N4CC5CC4CO5)ccc3c2=O)cc1OC. The molecule has 10 nitrogen and oxygen atoms in total. The lowest BCUT2D eigenvalue weighted by Crippen LogP contribution is -2.37. The summed E-state index contributed by atoms with van der Waals surface area (Å²) in [5, 5.41) is 0.529. The van der Waals surface area contributed by atoms with E-state index in [0.717, 1.165) is 24.2 Å². The largest absolute Gasteiger partial charge is 0.493 e. The van der Waals surface area contributed by atoms with Gasteiger partial charge in [-0.15, -0.1) is 0 Å². The monoisotopic (exact) mass is 580 g/mol. The molecule has 0 radical (unpaired) electrons. The van der Waals surface area contributed by atoms with Crippen molar-refractivity contribution in [3.8, 4) is 11.5 Å². The van der Waals surface area contributed by atoms with E-state index in [0.29, 0.717) is 65.0 Å². The molecule has 2 amide bonds. The molecule has 4 heterocycles. The zero-order valence-electron chi connectivity index (χ0n) is 24.1. The van der Waals surface area contributed by atoms with Gasteiger partial charge in [-0.3, -0.25) is 23.9 Å². The molecule has 3 aliphatic heterocycles. The van der Waals surface area contributed by atoms with Crippen LogP contribution in [-0.4, -0.2) is 72.3 Å². The molecule has 43 heavy (non-hydrogen) atoms. The number of anilines is 1. The highest BCUT2D eigenvalue weighted by molar-refractivity contribution is 6.21. The maximum Gasteiger partial charge on any atom is 0.261 e. The summed E-state index contributed by atoms with van der Waals surface area (Å²) in [5.41, 5.74) is 3.24. The average molecular weight is 581 g/mol. The zero-order chi connectivity index (χ0) is 29.7. The second-order valence-corrected chi connectivity index (χ2v) is 11.2. The number of aromatic nitrogens is 2. The highest BCUT2D eigenvalue weighted by Gasteiger charge is 2.39. The van der Waals surface area contributed by atoms with E-state index in [9.17, 15) is 14.4 Å². The Balaban J connectivity index is 1.22. The molecule has 220 valence electrons. The molecule has 7 rings (SSSR count). The second-order valence-electron chi connectivity index (χ2n) is 11.2. The predicted molar refractivity (Wildman–Crippen MR) is 160 cm³/mol. The van der Waals surface area contributed by atoms with Crippen molar-refractivity contribution >= 4 is 28.4 Å². The Hall–Kier alpha value is -4.70. The Morgan fingerprint density at radius 2 is 1.65 bits per heavy atom. The number of hydrogen-bond donors (Lipinski definition) is 0. The minimum atomic E-state index is -0.325. The van der Waals surface area contributed by atoms with Crippen LogP contribution < -0.4 is 19.9 Å². The van der Waals surface area contributed by atoms with E-state index in [1.807, 2.05) is 36.4 Å². The number of benzene rings is 3. The molecule has 4 aromatic rings. The average Bonchev–Trinajstić information content (AvgIpc) is 3.74. The lowest BCUT2D eigenvalue weighted by Gasteiger charge is -2.29. The first-order valence-corrected chi connectivity index (χ1v) is 14.5. The number of amides is 2. The van der Waals surface area contributed by atoms with Crippen LogP contribution in [-0.2, 0) is 24.1 Å². The number of carbonyl (C=O) groups is 2. The minimum Gasteiger partial charge on any atom is -0.493 e. The van der Waals surface area contributed by atoms with Crippen LogP contribution in [0.1, 0.15) is 38.5 Å². The fraction of sp³-hybridized carbons (Fsp3) is 0.333. The van der Waals surface area contributed by atoms with E-state index >= 15 is 0 Å². The minimum absolute atomic E-state index is 0.119. The van der Waals surface area contributed by atoms with Crippen molar-refractivity contribution < 1.29 is 23.8 Å². The molecule has 2 fully saturated rings. The Labute approximate surface area is 248 Å². The third kappa shape index (κ3) is 4.71. The van der Waals surface area contributed by atoms with Gasteiger partial charge in [0.15, 0.2) is 11.5 Å². The van der Waals surface area contributed by atoms with Crippen molar-refractivity contribution in [2.24, 2.45) is 0 Å². The first kappa shape index (κ1) is 27.2. The van der Waals surface area contributed by atoms with E-state index in [-0.39, 0.29) is 36.4 Å². The molecule has 0 saturated carbocycles. The fourth-order valence-corrected chi connectivity index (χ4v) is 6.50. The van der Waals surface area contributed by atoms with Crippen molar-refractivity contribution in [2.75, 3.05) is 38.8 Å². The van der Waals surface area contributed by atoms with Crippen LogP contribution in [0.2, 0.25) is 0 Å². The van der Waals surface area contributed by atoms with Crippen molar-refractivity contribution in [1.82, 2.24) is 14.5 Å². The third-order valence-corrected chi connectivity index (χ3v) is 8.76. The molecule has 3 aromatic carbocycles. The van der Waals surface area contributed by atoms with Gasteiger partial charge in [0, 0.05) is 31.7 Å². The lowest BCUT2D eigenvalue weighted by molar-refractivity contribution is 0.0655. The van der Waals surface area contributed by atoms with Gasteiger partial charge in [-0.1, -0.05) is 18.2 Å². The summed E-state index contributed by atoms with van der Waals surface area (Å²) in [4.78, 5) is 48.6. The molecule has 2 unspecified atom stereocenters. The van der Waals surface area contributed by atoms with Crippen LogP contribution >= 0.6 is 0 Å². The van der Waals surface area contributed by atoms with Gasteiger partial charge < -0.3 is 19.1 Å². The van der Waals surface area contributed by atoms with Crippen LogP contribution in [0.25, 0.3) is 10.9 Å². The standard InChI is InChI=1S/C33H32N4O6/c1-41-28-10-7-20(15-29(28)42-2)11-13-35-30(12-14-36-31(38)24-5-3-4-6-25(24)32(36)39)34-27-17-21(8-9-26(27)33(35)40)37-18-23-16-22(37)19-43-23/h3-10,15,17,22-23H,11-14,16,18-19H2,1-2H3. The number of morpholine rings is 1. The van der Waals surface area contributed by atoms with Gasteiger partial charge >= 0.3 is 0 Å². The molecule has 1 aromatic heterocycles. The van der Waals surface area contributed by atoms with Gasteiger partial charge in [-0.25, -0.2) is 4.98 Å². The molecular weight excluding hydrogens is 548 g/mol. The summed E-state index contributed by atoms with van der Waals surface area (Å²) in [5.74, 6) is 1.12. The van der Waals surface area contributed by atoms with Crippen LogP contribution in [0.3, 0.4) is 0 Å². The molecule has 10 heteroatoms. The second kappa shape index (κ2) is 10.9. The Morgan fingerprint density at radius 1 is 0.884 bits per heavy atom. The van der Waals surface area contributed by atoms with Crippen LogP contribution in [0.15, 0.2) is 65.5 Å². The summed E-state index contributed by atoms with van der Waals surface area (Å²) in [6.07, 6.45) is 2.04. The fourth-order valence-electron chi connectivity index (χ4n) is 6.50. The topological polar surface area (TPSA) is 103 Å². The number of methoxy groups -OCH3 is 2. The number of fused-ring (bicyclic) bond motifs is 4. The van der Waals surface area contributed by atoms with Crippen molar-refractivity contribution in [2.45, 2.75) is 38.0 Å². The van der Waals surface area contributed by atoms with Crippen LogP contribution in [0, 0.1) is 0 Å². The van der Waals surface area contributed by atoms with Crippen molar-refractivity contribution in [1.29, 1.82) is 0 Å². The number of rotatable bonds is 9. The zero-order valence-corrected chi connectivity index (χ0v) is 24.1. The van der Waals surface area contributed by atoms with E-state index in [1.165, 1.54) is 4.90 Å². The number of hydrogen-bond acceptors (Lipinski definition) is 8. The van der Waals surface area contributed by atoms with Crippen LogP contribution in [0.4, 0.5) is 5.69 Å². The quantitative estimate of drug-likeness (QED) is 0.278. The smallest absolute Gasteiger partial charge is 0.261 e. The van der Waals surface area contributed by atoms with Gasteiger partial charge in [0.1, 0.15) is 5.82 Å². The maximum atomic E-state index is 14.0. The predicted octanol–water partition coefficient (Wildman–Crippen LogP) is 3.47. The van der Waals surface area contributed by atoms with E-state index < -0.39 is 0 Å². The molecule has 0 aliphatic carbocycles. The van der Waals surface area contributed by atoms with Crippen molar-refractivity contribution in [3.63, 3.8) is 0 Å². The summed E-state index contributed by atoms with van der Waals surface area (Å²) < 4.78 is 18.3. The first-order valence-electron chi connectivity index (χ1n) is 14.5. The molecule has 2 bridgehead atoms. The molecule has 0 spiro atoms. The Morgan fingerprint density at radius 3 is 2.33 bits per heavy atom. The molecular formula is C33H32N4O6. The summed E-state index contributed by atoms with van der Waals surface area (Å²) in [7, 11) is 3.18. The van der Waals surface area contributed by atoms with Gasteiger partial charge in [-0.2, -0.15) is 0 Å². The number of carbonyl (C=O) groups excluding carboxylic acids is 2. The highest BCUT2D eigenvalue weighted by atomic mass is 16.5. The van der Waals surface area contributed by atoms with Gasteiger partial charge in [-0.05, 0) is 60.9 Å². The number of imide groups is 1. The summed E-state index contributed by atoms with van der Waals surface area (Å²) >= 11 is 0. The highest BCUT2D eigenvalue weighted by Crippen LogP contribution is 2.33. The van der Waals surface area contributed by atoms with E-state index in [4.69, 9.17) is 19.2 Å². The molecule has 3 aliphatic rings. The molecule has 2 saturated heterocycles. The number of nitrogens with zero attached hydrogens (tertiary/aromatic N) is 4. The van der Waals surface area contributed by atoms with E-state index in [2.05, 4.69) is 4.90 Å². The molecule has 0 N–H and O–H groups in total. The van der Waals surface area contributed by atoms with E-state index in [1.54, 1.807) is 43.1 Å². The van der Waals surface area contributed by atoms with Crippen LogP contribution in [0.5, 0.6) is 11.5 Å². The van der Waals surface area contributed by atoms with Gasteiger partial charge in [0.05, 0.1) is 55.0 Å². The van der Waals surface area contributed by atoms with Gasteiger partial charge in [0.25, 0.3) is 17.4 Å². The Bertz CT molecular complexity index is 1780. The summed E-state index contributed by atoms with van der Waals surface area (Å²) in [6.45, 7) is 2.02. The number of aryl methyl sites for hydroxylation is 1. The van der Waals surface area contributed by atoms with Crippen molar-refractivity contribution in [3.05, 3.63) is 93.5 Å². The maximum absolute atomic E-state index is 14.0. The molecule has 2 atom stereocenters. The van der Waals surface area contributed by atoms with Gasteiger partial charge in [0.2, 0.25) is 0 Å². The number of ether oxygens (including phenoxy) is 3. The first-order chi connectivity index (χ1) is 20.9. The Kier molecular flexibility index (Phi) is 6.85. The summed E-state index contributed by atoms with van der Waals surface area (Å²) in [6, 6.07) is 18.7.